The van der Waals surface area contributed by atoms with Crippen molar-refractivity contribution in [2.75, 3.05) is 51.9 Å². The second-order valence-corrected chi connectivity index (χ2v) is 8.62. The number of aliphatic carboxylic acids is 1. The zero-order valence-electron chi connectivity index (χ0n) is 22.3. The zero-order valence-corrected chi connectivity index (χ0v) is 22.3. The lowest BCUT2D eigenvalue weighted by molar-refractivity contribution is -0.174. The molecule has 0 aliphatic rings. The molecule has 0 saturated heterocycles. The van der Waals surface area contributed by atoms with Gasteiger partial charge in [-0.1, -0.05) is 18.2 Å². The lowest BCUT2D eigenvalue weighted by atomic mass is 10.1. The van der Waals surface area contributed by atoms with Gasteiger partial charge in [0.25, 0.3) is 0 Å². The molecule has 12 heteroatoms. The summed E-state index contributed by atoms with van der Waals surface area (Å²) >= 11 is 0. The topological polar surface area (TPSA) is 107 Å². The van der Waals surface area contributed by atoms with Gasteiger partial charge in [-0.25, -0.2) is 9.59 Å². The summed E-state index contributed by atoms with van der Waals surface area (Å²) in [4.78, 5) is 25.8. The van der Waals surface area contributed by atoms with E-state index in [1.54, 1.807) is 43.3 Å². The lowest BCUT2D eigenvalue weighted by Gasteiger charge is -2.24. The van der Waals surface area contributed by atoms with E-state index < -0.39 is 30.9 Å². The number of carbonyl (C=O) groups excluding carboxylic acids is 1. The Labute approximate surface area is 225 Å². The Bertz CT molecular complexity index is 1050. The zero-order chi connectivity index (χ0) is 28.8. The molecule has 39 heavy (non-hydrogen) atoms. The molecule has 0 bridgehead atoms. The van der Waals surface area contributed by atoms with Crippen molar-refractivity contribution < 1.29 is 46.8 Å². The van der Waals surface area contributed by atoms with E-state index in [9.17, 15) is 27.9 Å². The van der Waals surface area contributed by atoms with Crippen LogP contribution in [0.1, 0.15) is 24.5 Å². The molecule has 2 N–H and O–H groups in total. The summed E-state index contributed by atoms with van der Waals surface area (Å²) in [5.41, 5.74) is 2.13. The molecule has 0 aliphatic carbocycles. The Morgan fingerprint density at radius 3 is 2.41 bits per heavy atom. The average molecular weight is 557 g/mol. The highest BCUT2D eigenvalue weighted by atomic mass is 19.4. The number of anilines is 1. The molecule has 0 fully saturated rings. The van der Waals surface area contributed by atoms with E-state index in [0.29, 0.717) is 17.2 Å². The summed E-state index contributed by atoms with van der Waals surface area (Å²) in [6.07, 6.45) is -4.97. The third kappa shape index (κ3) is 11.8. The number of nitrogens with zero attached hydrogens (tertiary/aromatic N) is 1. The van der Waals surface area contributed by atoms with Gasteiger partial charge in [-0.2, -0.15) is 13.2 Å². The van der Waals surface area contributed by atoms with Gasteiger partial charge in [-0.15, -0.1) is 0 Å². The van der Waals surface area contributed by atoms with Gasteiger partial charge in [0.05, 0.1) is 19.3 Å². The molecule has 9 nitrogen and oxygen atoms in total. The Morgan fingerprint density at radius 1 is 1.08 bits per heavy atom. The number of carbonyl (C=O) groups is 2. The molecule has 216 valence electrons. The minimum absolute atomic E-state index is 0.109. The first kappa shape index (κ1) is 31.7. The maximum absolute atomic E-state index is 13.0. The van der Waals surface area contributed by atoms with Crippen LogP contribution in [0.3, 0.4) is 0 Å². The van der Waals surface area contributed by atoms with Gasteiger partial charge in [-0.05, 0) is 55.7 Å². The fraction of sp³-hybridized carbons (Fsp3) is 0.481. The summed E-state index contributed by atoms with van der Waals surface area (Å²) < 4.78 is 58.0. The van der Waals surface area contributed by atoms with Crippen LogP contribution in [0.5, 0.6) is 11.5 Å². The largest absolute Gasteiger partial charge is 0.495 e. The molecule has 0 heterocycles. The van der Waals surface area contributed by atoms with Crippen LogP contribution in [0.15, 0.2) is 42.5 Å². The fourth-order valence-corrected chi connectivity index (χ4v) is 3.60. The van der Waals surface area contributed by atoms with E-state index in [1.807, 2.05) is 13.0 Å². The number of alkyl halides is 3. The second kappa shape index (κ2) is 15.8. The van der Waals surface area contributed by atoms with Crippen molar-refractivity contribution in [3.05, 3.63) is 53.6 Å². The van der Waals surface area contributed by atoms with E-state index in [4.69, 9.17) is 14.2 Å². The Hall–Kier alpha value is -3.51. The first-order chi connectivity index (χ1) is 18.5. The first-order valence-corrected chi connectivity index (χ1v) is 12.4. The minimum Gasteiger partial charge on any atom is -0.495 e. The fourth-order valence-electron chi connectivity index (χ4n) is 3.60. The van der Waals surface area contributed by atoms with Gasteiger partial charge in [0.2, 0.25) is 0 Å². The number of nitrogens with one attached hydrogen (secondary N) is 1. The second-order valence-electron chi connectivity index (χ2n) is 8.62. The van der Waals surface area contributed by atoms with Gasteiger partial charge in [-0.3, -0.25) is 0 Å². The molecule has 1 atom stereocenters. The van der Waals surface area contributed by atoms with Crippen LogP contribution in [-0.2, 0) is 20.7 Å². The number of hydrogen-bond acceptors (Lipinski definition) is 6. The SMILES string of the molecule is CCOC(Cc1ccc(OCCN(CCCOCC(F)(F)F)C(=O)Nc2cc(C)ccc2OC)cc1)C(=O)O. The van der Waals surface area contributed by atoms with Crippen molar-refractivity contribution >= 4 is 17.7 Å². The van der Waals surface area contributed by atoms with Crippen molar-refractivity contribution in [3.8, 4) is 11.5 Å². The van der Waals surface area contributed by atoms with Crippen molar-refractivity contribution in [3.63, 3.8) is 0 Å². The molecule has 2 rings (SSSR count). The molecule has 0 spiro atoms. The molecule has 0 aliphatic heterocycles. The number of methoxy groups -OCH3 is 1. The summed E-state index contributed by atoms with van der Waals surface area (Å²) in [7, 11) is 1.48. The average Bonchev–Trinajstić information content (AvgIpc) is 2.87. The Morgan fingerprint density at radius 2 is 1.79 bits per heavy atom. The normalized spacial score (nSPS) is 12.1. The van der Waals surface area contributed by atoms with Crippen LogP contribution in [0.2, 0.25) is 0 Å². The van der Waals surface area contributed by atoms with Crippen molar-refractivity contribution in [2.24, 2.45) is 0 Å². The number of carboxylic acids is 1. The quantitative estimate of drug-likeness (QED) is 0.283. The minimum atomic E-state index is -4.42. The van der Waals surface area contributed by atoms with Crippen LogP contribution in [0.25, 0.3) is 0 Å². The lowest BCUT2D eigenvalue weighted by Crippen LogP contribution is -2.39. The highest BCUT2D eigenvalue weighted by Crippen LogP contribution is 2.25. The summed E-state index contributed by atoms with van der Waals surface area (Å²) in [6.45, 7) is 2.74. The molecule has 2 amide bonds. The maximum Gasteiger partial charge on any atom is 0.411 e. The van der Waals surface area contributed by atoms with E-state index in [0.717, 1.165) is 11.1 Å². The Kier molecular flexibility index (Phi) is 12.8. The molecular formula is C27H35F3N2O7. The number of ether oxygens (including phenoxy) is 4. The first-order valence-electron chi connectivity index (χ1n) is 12.4. The molecule has 1 unspecified atom stereocenters. The van der Waals surface area contributed by atoms with Crippen LogP contribution in [0.4, 0.5) is 23.7 Å². The monoisotopic (exact) mass is 556 g/mol. The number of amides is 2. The molecule has 0 saturated carbocycles. The van der Waals surface area contributed by atoms with E-state index >= 15 is 0 Å². The summed E-state index contributed by atoms with van der Waals surface area (Å²) in [5.74, 6) is -0.0629. The predicted molar refractivity (Wildman–Crippen MR) is 139 cm³/mol. The summed E-state index contributed by atoms with van der Waals surface area (Å²) in [5, 5.41) is 12.0. The number of hydrogen-bond donors (Lipinski definition) is 2. The van der Waals surface area contributed by atoms with Crippen LogP contribution < -0.4 is 14.8 Å². The highest BCUT2D eigenvalue weighted by molar-refractivity contribution is 5.91. The van der Waals surface area contributed by atoms with Crippen LogP contribution in [0, 0.1) is 6.92 Å². The standard InChI is InChI=1S/C27H35F3N2O7/c1-4-38-24(25(33)34)17-20-7-9-21(10-8-20)39-15-13-32(12-5-14-37-18-27(28,29)30)26(35)31-22-16-19(2)6-11-23(22)36-3/h6-11,16,24H,4-5,12-15,17-18H2,1-3H3,(H,31,35)(H,33,34). The number of rotatable bonds is 16. The van der Waals surface area contributed by atoms with Gasteiger partial charge in [0.1, 0.15) is 24.7 Å². The van der Waals surface area contributed by atoms with Crippen molar-refractivity contribution in [1.82, 2.24) is 4.90 Å². The molecule has 2 aromatic rings. The third-order valence-corrected chi connectivity index (χ3v) is 5.48. The maximum atomic E-state index is 13.0. The van der Waals surface area contributed by atoms with Gasteiger partial charge in [0, 0.05) is 26.2 Å². The van der Waals surface area contributed by atoms with Crippen molar-refractivity contribution in [2.45, 2.75) is 39.0 Å². The molecule has 2 aromatic carbocycles. The molecule has 0 aromatic heterocycles. The van der Waals surface area contributed by atoms with Crippen molar-refractivity contribution in [1.29, 1.82) is 0 Å². The Balaban J connectivity index is 1.98. The molecule has 0 radical (unpaired) electrons. The highest BCUT2D eigenvalue weighted by Gasteiger charge is 2.27. The number of urea groups is 1. The van der Waals surface area contributed by atoms with Gasteiger partial charge in [0.15, 0.2) is 6.10 Å². The van der Waals surface area contributed by atoms with Crippen LogP contribution >= 0.6 is 0 Å². The number of benzene rings is 2. The van der Waals surface area contributed by atoms with Crippen LogP contribution in [-0.4, -0.2) is 80.9 Å². The number of aryl methyl sites for hydroxylation is 1. The number of halogens is 3. The molecular weight excluding hydrogens is 521 g/mol. The third-order valence-electron chi connectivity index (χ3n) is 5.48. The van der Waals surface area contributed by atoms with Gasteiger partial charge >= 0.3 is 18.2 Å². The van der Waals surface area contributed by atoms with E-state index in [2.05, 4.69) is 10.1 Å². The smallest absolute Gasteiger partial charge is 0.411 e. The van der Waals surface area contributed by atoms with Gasteiger partial charge < -0.3 is 34.3 Å². The number of carboxylic acid groups (broad SMARTS) is 1. The predicted octanol–water partition coefficient (Wildman–Crippen LogP) is 4.92. The summed E-state index contributed by atoms with van der Waals surface area (Å²) in [6, 6.07) is 11.7. The van der Waals surface area contributed by atoms with E-state index in [1.165, 1.54) is 12.0 Å². The van der Waals surface area contributed by atoms with E-state index in [-0.39, 0.29) is 45.8 Å².